The van der Waals surface area contributed by atoms with Gasteiger partial charge in [-0.25, -0.2) is 0 Å². The Morgan fingerprint density at radius 1 is 1.05 bits per heavy atom. The molecule has 0 saturated heterocycles. The molecule has 0 fully saturated rings. The lowest BCUT2D eigenvalue weighted by atomic mass is 10.0. The summed E-state index contributed by atoms with van der Waals surface area (Å²) in [6.07, 6.45) is 2.31. The molecule has 2 nitrogen and oxygen atoms in total. The van der Waals surface area contributed by atoms with Crippen LogP contribution >= 0.6 is 11.3 Å². The Hall–Kier alpha value is -1.16. The van der Waals surface area contributed by atoms with E-state index in [0.29, 0.717) is 0 Å². The normalized spacial score (nSPS) is 11.2. The van der Waals surface area contributed by atoms with Crippen molar-refractivity contribution in [1.82, 2.24) is 10.2 Å². The number of rotatable bonds is 9. The van der Waals surface area contributed by atoms with Crippen molar-refractivity contribution in [2.45, 2.75) is 32.9 Å². The number of hydrogen-bond donors (Lipinski definition) is 1. The average Bonchev–Trinajstić information content (AvgIpc) is 2.98. The van der Waals surface area contributed by atoms with Crippen molar-refractivity contribution in [3.8, 4) is 0 Å². The van der Waals surface area contributed by atoms with Gasteiger partial charge >= 0.3 is 0 Å². The van der Waals surface area contributed by atoms with Crippen molar-refractivity contribution in [3.05, 3.63) is 57.8 Å². The van der Waals surface area contributed by atoms with Gasteiger partial charge in [-0.05, 0) is 66.5 Å². The molecule has 0 amide bonds. The maximum Gasteiger partial charge on any atom is 0.0242 e. The Morgan fingerprint density at radius 2 is 1.86 bits per heavy atom. The van der Waals surface area contributed by atoms with Crippen molar-refractivity contribution in [3.63, 3.8) is 0 Å². The van der Waals surface area contributed by atoms with Gasteiger partial charge in [0.05, 0.1) is 0 Å². The van der Waals surface area contributed by atoms with Gasteiger partial charge in [0.1, 0.15) is 0 Å². The topological polar surface area (TPSA) is 15.3 Å². The van der Waals surface area contributed by atoms with Gasteiger partial charge in [-0.3, -0.25) is 4.90 Å². The molecule has 0 unspecified atom stereocenters. The SMILES string of the molecule is CCCNCCc1ccccc1CN(C)Cc1ccsc1. The summed E-state index contributed by atoms with van der Waals surface area (Å²) in [6, 6.07) is 11.0. The third-order valence-corrected chi connectivity index (χ3v) is 4.32. The Kier molecular flexibility index (Phi) is 6.93. The van der Waals surface area contributed by atoms with Gasteiger partial charge in [0, 0.05) is 13.1 Å². The molecule has 2 rings (SSSR count). The van der Waals surface area contributed by atoms with E-state index in [9.17, 15) is 0 Å². The van der Waals surface area contributed by atoms with E-state index in [1.807, 2.05) is 0 Å². The van der Waals surface area contributed by atoms with E-state index in [1.54, 1.807) is 11.3 Å². The van der Waals surface area contributed by atoms with Gasteiger partial charge in [0.2, 0.25) is 0 Å². The molecule has 2 aromatic rings. The molecule has 0 spiro atoms. The predicted molar refractivity (Wildman–Crippen MR) is 92.8 cm³/mol. The van der Waals surface area contributed by atoms with Gasteiger partial charge in [-0.2, -0.15) is 11.3 Å². The molecular formula is C18H26N2S. The van der Waals surface area contributed by atoms with Gasteiger partial charge < -0.3 is 5.32 Å². The first-order chi connectivity index (χ1) is 10.3. The summed E-state index contributed by atoms with van der Waals surface area (Å²) >= 11 is 1.77. The zero-order valence-corrected chi connectivity index (χ0v) is 14.0. The second-order valence-electron chi connectivity index (χ2n) is 5.57. The van der Waals surface area contributed by atoms with E-state index in [2.05, 4.69) is 65.3 Å². The molecule has 0 aliphatic carbocycles. The van der Waals surface area contributed by atoms with Crippen LogP contribution in [0.4, 0.5) is 0 Å². The minimum Gasteiger partial charge on any atom is -0.316 e. The zero-order chi connectivity index (χ0) is 14.9. The van der Waals surface area contributed by atoms with Crippen molar-refractivity contribution < 1.29 is 0 Å². The lowest BCUT2D eigenvalue weighted by Gasteiger charge is -2.18. The fourth-order valence-electron chi connectivity index (χ4n) is 2.52. The number of nitrogens with zero attached hydrogens (tertiary/aromatic N) is 1. The minimum atomic E-state index is 1.01. The Labute approximate surface area is 132 Å². The molecule has 1 N–H and O–H groups in total. The average molecular weight is 302 g/mol. The Morgan fingerprint density at radius 3 is 2.57 bits per heavy atom. The summed E-state index contributed by atoms with van der Waals surface area (Å²) in [5.41, 5.74) is 4.33. The van der Waals surface area contributed by atoms with Gasteiger partial charge in [0.15, 0.2) is 0 Å². The van der Waals surface area contributed by atoms with E-state index in [1.165, 1.54) is 23.1 Å². The molecular weight excluding hydrogens is 276 g/mol. The maximum absolute atomic E-state index is 3.49. The van der Waals surface area contributed by atoms with Crippen LogP contribution in [0.5, 0.6) is 0 Å². The standard InChI is InChI=1S/C18H26N2S/c1-3-10-19-11-8-17-6-4-5-7-18(17)14-20(2)13-16-9-12-21-15-16/h4-7,9,12,15,19H,3,8,10-11,13-14H2,1-2H3. The minimum absolute atomic E-state index is 1.01. The molecule has 0 saturated carbocycles. The molecule has 1 heterocycles. The van der Waals surface area contributed by atoms with E-state index in [4.69, 9.17) is 0 Å². The van der Waals surface area contributed by atoms with Crippen molar-refractivity contribution in [2.24, 2.45) is 0 Å². The highest BCUT2D eigenvalue weighted by Gasteiger charge is 2.06. The molecule has 0 atom stereocenters. The van der Waals surface area contributed by atoms with E-state index in [0.717, 1.165) is 32.6 Å². The monoisotopic (exact) mass is 302 g/mol. The van der Waals surface area contributed by atoms with Gasteiger partial charge in [0.25, 0.3) is 0 Å². The quantitative estimate of drug-likeness (QED) is 0.706. The first-order valence-corrected chi connectivity index (χ1v) is 8.71. The van der Waals surface area contributed by atoms with Gasteiger partial charge in [-0.15, -0.1) is 0 Å². The lowest BCUT2D eigenvalue weighted by molar-refractivity contribution is 0.318. The highest BCUT2D eigenvalue weighted by Crippen LogP contribution is 2.14. The molecule has 0 radical (unpaired) electrons. The van der Waals surface area contributed by atoms with Crippen LogP contribution in [0.15, 0.2) is 41.1 Å². The van der Waals surface area contributed by atoms with Crippen LogP contribution < -0.4 is 5.32 Å². The molecule has 0 aliphatic rings. The summed E-state index contributed by atoms with van der Waals surface area (Å²) in [6.45, 7) is 6.42. The van der Waals surface area contributed by atoms with Crippen LogP contribution in [-0.2, 0) is 19.5 Å². The van der Waals surface area contributed by atoms with Crippen LogP contribution in [0.2, 0.25) is 0 Å². The summed E-state index contributed by atoms with van der Waals surface area (Å²) in [4.78, 5) is 2.39. The third kappa shape index (κ3) is 5.62. The van der Waals surface area contributed by atoms with Crippen molar-refractivity contribution in [1.29, 1.82) is 0 Å². The molecule has 21 heavy (non-hydrogen) atoms. The molecule has 3 heteroatoms. The summed E-state index contributed by atoms with van der Waals surface area (Å²) in [5.74, 6) is 0. The largest absolute Gasteiger partial charge is 0.316 e. The number of thiophene rings is 1. The van der Waals surface area contributed by atoms with Crippen LogP contribution in [0.1, 0.15) is 30.0 Å². The smallest absolute Gasteiger partial charge is 0.0242 e. The van der Waals surface area contributed by atoms with E-state index >= 15 is 0 Å². The molecule has 0 bridgehead atoms. The van der Waals surface area contributed by atoms with Crippen molar-refractivity contribution in [2.75, 3.05) is 20.1 Å². The van der Waals surface area contributed by atoms with E-state index in [-0.39, 0.29) is 0 Å². The molecule has 1 aromatic heterocycles. The van der Waals surface area contributed by atoms with E-state index < -0.39 is 0 Å². The summed E-state index contributed by atoms with van der Waals surface area (Å²) < 4.78 is 0. The zero-order valence-electron chi connectivity index (χ0n) is 13.1. The Balaban J connectivity index is 1.89. The summed E-state index contributed by atoms with van der Waals surface area (Å²) in [5, 5.41) is 7.87. The second kappa shape index (κ2) is 8.98. The highest BCUT2D eigenvalue weighted by molar-refractivity contribution is 7.07. The predicted octanol–water partition coefficient (Wildman–Crippen LogP) is 3.92. The van der Waals surface area contributed by atoms with Crippen molar-refractivity contribution >= 4 is 11.3 Å². The second-order valence-corrected chi connectivity index (χ2v) is 6.35. The first-order valence-electron chi connectivity index (χ1n) is 7.76. The lowest BCUT2D eigenvalue weighted by Crippen LogP contribution is -2.20. The number of nitrogens with one attached hydrogen (secondary N) is 1. The molecule has 114 valence electrons. The number of hydrogen-bond acceptors (Lipinski definition) is 3. The van der Waals surface area contributed by atoms with Crippen LogP contribution in [-0.4, -0.2) is 25.0 Å². The van der Waals surface area contributed by atoms with Crippen LogP contribution in [0.25, 0.3) is 0 Å². The fourth-order valence-corrected chi connectivity index (χ4v) is 3.18. The van der Waals surface area contributed by atoms with Crippen LogP contribution in [0.3, 0.4) is 0 Å². The first kappa shape index (κ1) is 16.2. The van der Waals surface area contributed by atoms with Gasteiger partial charge in [-0.1, -0.05) is 31.2 Å². The molecule has 1 aromatic carbocycles. The Bertz CT molecular complexity index is 508. The van der Waals surface area contributed by atoms with Crippen LogP contribution in [0, 0.1) is 0 Å². The number of benzene rings is 1. The molecule has 0 aliphatic heterocycles. The fraction of sp³-hybridized carbons (Fsp3) is 0.444. The summed E-state index contributed by atoms with van der Waals surface area (Å²) in [7, 11) is 2.20. The maximum atomic E-state index is 3.49. The highest BCUT2D eigenvalue weighted by atomic mass is 32.1. The third-order valence-electron chi connectivity index (χ3n) is 3.59.